The molecule has 0 unspecified atom stereocenters. The van der Waals surface area contributed by atoms with Crippen LogP contribution in [0.15, 0.2) is 0 Å². The van der Waals surface area contributed by atoms with Gasteiger partial charge in [0.25, 0.3) is 0 Å². The van der Waals surface area contributed by atoms with E-state index in [1.54, 1.807) is 0 Å². The Morgan fingerprint density at radius 3 is 2.58 bits per heavy atom. The third kappa shape index (κ3) is 3.30. The summed E-state index contributed by atoms with van der Waals surface area (Å²) in [7, 11) is 1.67. The van der Waals surface area contributed by atoms with E-state index in [0.29, 0.717) is 6.04 Å². The van der Waals surface area contributed by atoms with Gasteiger partial charge in [0.1, 0.15) is 0 Å². The van der Waals surface area contributed by atoms with Gasteiger partial charge in [-0.25, -0.2) is 0 Å². The molecule has 0 spiro atoms. The Bertz CT molecular complexity index is 155. The summed E-state index contributed by atoms with van der Waals surface area (Å²) in [6.07, 6.45) is 2.25. The average Bonchev–Trinajstić information content (AvgIpc) is 2.06. The van der Waals surface area contributed by atoms with Crippen molar-refractivity contribution in [3.05, 3.63) is 0 Å². The Balaban J connectivity index is 2.28. The Morgan fingerprint density at radius 2 is 2.08 bits per heavy atom. The maximum atomic E-state index is 11.1. The fourth-order valence-electron chi connectivity index (χ4n) is 1.54. The van der Waals surface area contributed by atoms with Crippen LogP contribution in [0.2, 0.25) is 0 Å². The van der Waals surface area contributed by atoms with Gasteiger partial charge in [0, 0.05) is 39.3 Å². The molecule has 4 heteroatoms. The van der Waals surface area contributed by atoms with E-state index in [9.17, 15) is 4.21 Å². The molecule has 0 aliphatic carbocycles. The van der Waals surface area contributed by atoms with E-state index in [1.807, 2.05) is 0 Å². The number of hydrogen-bond donors (Lipinski definition) is 0. The predicted molar refractivity (Wildman–Crippen MR) is 62.4 cm³/mol. The highest BCUT2D eigenvalue weighted by molar-refractivity contribution is 14.1. The van der Waals surface area contributed by atoms with Crippen LogP contribution in [0.4, 0.5) is 0 Å². The molecule has 1 saturated heterocycles. The van der Waals surface area contributed by atoms with Crippen LogP contribution in [-0.2, 0) is 10.8 Å². The molecule has 0 aromatic heterocycles. The lowest BCUT2D eigenvalue weighted by atomic mass is 10.1. The zero-order valence-corrected chi connectivity index (χ0v) is 10.4. The molecular formula is C8H16INOS. The minimum atomic E-state index is -0.510. The average molecular weight is 301 g/mol. The van der Waals surface area contributed by atoms with E-state index in [2.05, 4.69) is 34.5 Å². The van der Waals surface area contributed by atoms with Gasteiger partial charge in [0.2, 0.25) is 0 Å². The van der Waals surface area contributed by atoms with Crippen LogP contribution >= 0.6 is 22.6 Å². The number of nitrogens with zero attached hydrogens (tertiary/aromatic N) is 1. The fourth-order valence-corrected chi connectivity index (χ4v) is 3.57. The molecule has 1 rings (SSSR count). The Morgan fingerprint density at radius 1 is 1.50 bits per heavy atom. The van der Waals surface area contributed by atoms with E-state index in [0.717, 1.165) is 30.9 Å². The highest BCUT2D eigenvalue weighted by Gasteiger charge is 2.20. The first-order valence-electron chi connectivity index (χ1n) is 4.35. The third-order valence-electron chi connectivity index (χ3n) is 2.42. The number of rotatable bonds is 3. The minimum absolute atomic E-state index is 0.510. The van der Waals surface area contributed by atoms with E-state index >= 15 is 0 Å². The van der Waals surface area contributed by atoms with E-state index in [-0.39, 0.29) is 0 Å². The lowest BCUT2D eigenvalue weighted by Crippen LogP contribution is -2.38. The summed E-state index contributed by atoms with van der Waals surface area (Å²) in [5.74, 6) is 1.83. The highest BCUT2D eigenvalue weighted by atomic mass is 127. The standard InChI is InChI=1S/C8H16INOS/c1-10(5-4-9)8-2-6-12(11)7-3-8/h8H,2-7H2,1H3. The molecule has 0 aromatic rings. The second-order valence-electron chi connectivity index (χ2n) is 3.25. The summed E-state index contributed by atoms with van der Waals surface area (Å²) in [5.41, 5.74) is 0. The van der Waals surface area contributed by atoms with Crippen molar-refractivity contribution in [3.63, 3.8) is 0 Å². The first-order chi connectivity index (χ1) is 5.74. The second-order valence-corrected chi connectivity index (χ2v) is 6.02. The van der Waals surface area contributed by atoms with Crippen molar-refractivity contribution in [2.75, 3.05) is 29.5 Å². The number of halogens is 1. The zero-order valence-electron chi connectivity index (χ0n) is 7.46. The van der Waals surface area contributed by atoms with Gasteiger partial charge in [-0.3, -0.25) is 4.21 Å². The molecule has 2 nitrogen and oxygen atoms in total. The summed E-state index contributed by atoms with van der Waals surface area (Å²) in [4.78, 5) is 2.41. The Hall–Kier alpha value is 0.840. The molecule has 1 fully saturated rings. The van der Waals surface area contributed by atoms with Crippen LogP contribution in [0.3, 0.4) is 0 Å². The van der Waals surface area contributed by atoms with Crippen molar-refractivity contribution >= 4 is 33.4 Å². The normalized spacial score (nSPS) is 30.9. The van der Waals surface area contributed by atoms with Crippen molar-refractivity contribution in [1.82, 2.24) is 4.90 Å². The van der Waals surface area contributed by atoms with Gasteiger partial charge < -0.3 is 4.90 Å². The van der Waals surface area contributed by atoms with E-state index in [4.69, 9.17) is 0 Å². The van der Waals surface area contributed by atoms with Gasteiger partial charge in [-0.1, -0.05) is 22.6 Å². The molecule has 12 heavy (non-hydrogen) atoms. The van der Waals surface area contributed by atoms with Gasteiger partial charge >= 0.3 is 0 Å². The lowest BCUT2D eigenvalue weighted by molar-refractivity contribution is 0.242. The molecule has 1 heterocycles. The van der Waals surface area contributed by atoms with E-state index < -0.39 is 10.8 Å². The van der Waals surface area contributed by atoms with Crippen LogP contribution in [0.1, 0.15) is 12.8 Å². The van der Waals surface area contributed by atoms with Gasteiger partial charge in [-0.15, -0.1) is 0 Å². The Kier molecular flexibility index (Phi) is 5.04. The van der Waals surface area contributed by atoms with Gasteiger partial charge in [0.05, 0.1) is 0 Å². The van der Waals surface area contributed by atoms with Gasteiger partial charge in [-0.05, 0) is 19.9 Å². The van der Waals surface area contributed by atoms with Crippen molar-refractivity contribution in [2.24, 2.45) is 0 Å². The minimum Gasteiger partial charge on any atom is -0.303 e. The first-order valence-corrected chi connectivity index (χ1v) is 7.36. The van der Waals surface area contributed by atoms with Crippen molar-refractivity contribution in [3.8, 4) is 0 Å². The quantitative estimate of drug-likeness (QED) is 0.578. The molecular weight excluding hydrogens is 285 g/mol. The van der Waals surface area contributed by atoms with Crippen LogP contribution in [0, 0.1) is 0 Å². The van der Waals surface area contributed by atoms with E-state index in [1.165, 1.54) is 4.43 Å². The van der Waals surface area contributed by atoms with Gasteiger partial charge in [-0.2, -0.15) is 0 Å². The summed E-state index contributed by atoms with van der Waals surface area (Å²) in [6, 6.07) is 0.692. The summed E-state index contributed by atoms with van der Waals surface area (Å²) >= 11 is 2.40. The molecule has 0 amide bonds. The topological polar surface area (TPSA) is 20.3 Å². The monoisotopic (exact) mass is 301 g/mol. The zero-order chi connectivity index (χ0) is 8.97. The number of hydrogen-bond acceptors (Lipinski definition) is 2. The lowest BCUT2D eigenvalue weighted by Gasteiger charge is -2.30. The SMILES string of the molecule is CN(CCI)C1CCS(=O)CC1. The van der Waals surface area contributed by atoms with Crippen molar-refractivity contribution < 1.29 is 4.21 Å². The smallest absolute Gasteiger partial charge is 0.0249 e. The molecule has 1 aliphatic rings. The van der Waals surface area contributed by atoms with Crippen molar-refractivity contribution in [1.29, 1.82) is 0 Å². The number of alkyl halides is 1. The Labute approximate surface area is 90.7 Å². The molecule has 0 bridgehead atoms. The van der Waals surface area contributed by atoms with Crippen LogP contribution in [0.5, 0.6) is 0 Å². The maximum Gasteiger partial charge on any atom is 0.0249 e. The van der Waals surface area contributed by atoms with Crippen LogP contribution in [0.25, 0.3) is 0 Å². The third-order valence-corrected chi connectivity index (χ3v) is 4.28. The predicted octanol–water partition coefficient (Wildman–Crippen LogP) is 1.26. The molecule has 72 valence electrons. The molecule has 1 aliphatic heterocycles. The molecule has 0 atom stereocenters. The van der Waals surface area contributed by atoms with Crippen LogP contribution < -0.4 is 0 Å². The maximum absolute atomic E-state index is 11.1. The molecule has 0 saturated carbocycles. The summed E-state index contributed by atoms with van der Waals surface area (Å²) < 4.78 is 12.3. The largest absolute Gasteiger partial charge is 0.303 e. The molecule has 0 aromatic carbocycles. The van der Waals surface area contributed by atoms with Gasteiger partial charge in [0.15, 0.2) is 0 Å². The van der Waals surface area contributed by atoms with Crippen LogP contribution in [-0.4, -0.2) is 44.7 Å². The highest BCUT2D eigenvalue weighted by Crippen LogP contribution is 2.14. The summed E-state index contributed by atoms with van der Waals surface area (Å²) in [5, 5.41) is 0. The molecule has 0 radical (unpaired) electrons. The summed E-state index contributed by atoms with van der Waals surface area (Å²) in [6.45, 7) is 1.16. The second kappa shape index (κ2) is 5.54. The first kappa shape index (κ1) is 10.9. The van der Waals surface area contributed by atoms with Crippen molar-refractivity contribution in [2.45, 2.75) is 18.9 Å². The fraction of sp³-hybridized carbons (Fsp3) is 1.00. The molecule has 0 N–H and O–H groups in total.